The van der Waals surface area contributed by atoms with E-state index in [-0.39, 0.29) is 11.7 Å². The fraction of sp³-hybridized carbons (Fsp3) is 0.500. The summed E-state index contributed by atoms with van der Waals surface area (Å²) in [5, 5.41) is 4.62. The van der Waals surface area contributed by atoms with Crippen molar-refractivity contribution in [3.05, 3.63) is 52.6 Å². The van der Waals surface area contributed by atoms with Crippen LogP contribution in [-0.4, -0.2) is 52.7 Å². The van der Waals surface area contributed by atoms with E-state index in [4.69, 9.17) is 0 Å². The number of aryl methyl sites for hydroxylation is 1. The quantitative estimate of drug-likeness (QED) is 0.797. The maximum atomic E-state index is 13.0. The first-order valence-corrected chi connectivity index (χ1v) is 9.26. The van der Waals surface area contributed by atoms with Crippen LogP contribution < -0.4 is 0 Å². The molecular formula is C20H27FN4O. The van der Waals surface area contributed by atoms with Crippen molar-refractivity contribution in [1.82, 2.24) is 19.6 Å². The molecule has 0 spiro atoms. The molecule has 6 heteroatoms. The number of carbonyl (C=O) groups is 1. The van der Waals surface area contributed by atoms with E-state index in [9.17, 15) is 9.18 Å². The molecule has 5 nitrogen and oxygen atoms in total. The molecule has 3 rings (SSSR count). The van der Waals surface area contributed by atoms with Gasteiger partial charge in [0.1, 0.15) is 5.82 Å². The normalized spacial score (nSPS) is 14.3. The molecule has 0 radical (unpaired) electrons. The second-order valence-corrected chi connectivity index (χ2v) is 7.10. The summed E-state index contributed by atoms with van der Waals surface area (Å²) in [4.78, 5) is 16.5. The Kier molecular flexibility index (Phi) is 5.71. The highest BCUT2D eigenvalue weighted by Gasteiger charge is 2.28. The van der Waals surface area contributed by atoms with Gasteiger partial charge in [0.2, 0.25) is 0 Å². The van der Waals surface area contributed by atoms with Crippen LogP contribution in [0.5, 0.6) is 0 Å². The van der Waals surface area contributed by atoms with Crippen LogP contribution in [0.15, 0.2) is 24.3 Å². The van der Waals surface area contributed by atoms with Gasteiger partial charge in [-0.15, -0.1) is 0 Å². The van der Waals surface area contributed by atoms with Crippen LogP contribution in [0.3, 0.4) is 0 Å². The zero-order valence-corrected chi connectivity index (χ0v) is 15.8. The fourth-order valence-electron chi connectivity index (χ4n) is 3.46. The highest BCUT2D eigenvalue weighted by Crippen LogP contribution is 2.24. The van der Waals surface area contributed by atoms with Gasteiger partial charge in [-0.25, -0.2) is 4.39 Å². The highest BCUT2D eigenvalue weighted by atomic mass is 19.1. The minimum absolute atomic E-state index is 0.0310. The first-order valence-electron chi connectivity index (χ1n) is 9.26. The number of benzene rings is 1. The van der Waals surface area contributed by atoms with Crippen molar-refractivity contribution in [2.45, 2.75) is 39.3 Å². The molecule has 0 aliphatic carbocycles. The third-order valence-electron chi connectivity index (χ3n) is 4.89. The Morgan fingerprint density at radius 3 is 2.62 bits per heavy atom. The number of fused-ring (bicyclic) bond motifs is 1. The van der Waals surface area contributed by atoms with Crippen molar-refractivity contribution in [2.24, 2.45) is 0 Å². The van der Waals surface area contributed by atoms with Crippen LogP contribution in [0, 0.1) is 5.82 Å². The van der Waals surface area contributed by atoms with Gasteiger partial charge in [0.15, 0.2) is 5.69 Å². The number of amides is 1. The molecule has 2 aromatic rings. The molecule has 1 aliphatic heterocycles. The van der Waals surface area contributed by atoms with Gasteiger partial charge in [-0.2, -0.15) is 5.10 Å². The topological polar surface area (TPSA) is 41.4 Å². The van der Waals surface area contributed by atoms with Crippen LogP contribution in [0.4, 0.5) is 4.39 Å². The Hall–Kier alpha value is -2.21. The molecule has 0 N–H and O–H groups in total. The first-order chi connectivity index (χ1) is 12.5. The van der Waals surface area contributed by atoms with E-state index in [2.05, 4.69) is 16.9 Å². The molecule has 26 heavy (non-hydrogen) atoms. The number of hydrogen-bond donors (Lipinski definition) is 0. The van der Waals surface area contributed by atoms with E-state index < -0.39 is 0 Å². The third kappa shape index (κ3) is 3.96. The van der Waals surface area contributed by atoms with Gasteiger partial charge in [0, 0.05) is 58.0 Å². The summed E-state index contributed by atoms with van der Waals surface area (Å²) in [7, 11) is 3.53. The molecule has 140 valence electrons. The Labute approximate surface area is 154 Å². The van der Waals surface area contributed by atoms with E-state index in [1.54, 1.807) is 19.0 Å². The van der Waals surface area contributed by atoms with Crippen molar-refractivity contribution >= 4 is 5.91 Å². The summed E-state index contributed by atoms with van der Waals surface area (Å²) < 4.78 is 15.1. The lowest BCUT2D eigenvalue weighted by atomic mass is 10.0. The number of carbonyl (C=O) groups excluding carboxylic acids is 1. The maximum Gasteiger partial charge on any atom is 0.274 e. The summed E-state index contributed by atoms with van der Waals surface area (Å²) in [6.07, 6.45) is 2.78. The van der Waals surface area contributed by atoms with E-state index in [0.29, 0.717) is 5.69 Å². The van der Waals surface area contributed by atoms with E-state index in [1.807, 2.05) is 16.8 Å². The van der Waals surface area contributed by atoms with E-state index in [0.717, 1.165) is 56.6 Å². The second kappa shape index (κ2) is 7.99. The summed E-state index contributed by atoms with van der Waals surface area (Å²) in [6, 6.07) is 6.69. The monoisotopic (exact) mass is 358 g/mol. The number of rotatable bonds is 6. The van der Waals surface area contributed by atoms with Crippen molar-refractivity contribution < 1.29 is 9.18 Å². The largest absolute Gasteiger partial charge is 0.343 e. The molecule has 0 saturated carbocycles. The Balaban J connectivity index is 1.75. The number of nitrogens with zero attached hydrogens (tertiary/aromatic N) is 4. The van der Waals surface area contributed by atoms with Crippen LogP contribution in [0.2, 0.25) is 0 Å². The van der Waals surface area contributed by atoms with Gasteiger partial charge in [-0.05, 0) is 30.5 Å². The van der Waals surface area contributed by atoms with Crippen molar-refractivity contribution in [2.75, 3.05) is 27.2 Å². The molecule has 0 saturated heterocycles. The van der Waals surface area contributed by atoms with Gasteiger partial charge in [0.05, 0.1) is 0 Å². The SMILES string of the molecule is CCCn1nc(C(=O)N(C)C)c2c1CCN(CCc1ccc(F)cc1)C2. The van der Waals surface area contributed by atoms with E-state index >= 15 is 0 Å². The van der Waals surface area contributed by atoms with E-state index in [1.165, 1.54) is 17.8 Å². The summed E-state index contributed by atoms with van der Waals surface area (Å²) in [5.41, 5.74) is 3.99. The average molecular weight is 358 g/mol. The number of halogens is 1. The molecule has 1 aromatic heterocycles. The molecule has 1 aromatic carbocycles. The Morgan fingerprint density at radius 1 is 1.23 bits per heavy atom. The summed E-state index contributed by atoms with van der Waals surface area (Å²) >= 11 is 0. The molecule has 2 heterocycles. The molecular weight excluding hydrogens is 331 g/mol. The van der Waals surface area contributed by atoms with Crippen LogP contribution in [0.1, 0.15) is 40.7 Å². The predicted octanol–water partition coefficient (Wildman–Crippen LogP) is 2.73. The van der Waals surface area contributed by atoms with Crippen LogP contribution in [-0.2, 0) is 25.9 Å². The minimum atomic E-state index is -0.202. The zero-order valence-electron chi connectivity index (χ0n) is 15.8. The lowest BCUT2D eigenvalue weighted by molar-refractivity contribution is 0.0818. The van der Waals surface area contributed by atoms with Gasteiger partial charge < -0.3 is 4.90 Å². The Morgan fingerprint density at radius 2 is 1.96 bits per heavy atom. The maximum absolute atomic E-state index is 13.0. The van der Waals surface area contributed by atoms with Crippen molar-refractivity contribution in [3.63, 3.8) is 0 Å². The molecule has 1 aliphatic rings. The van der Waals surface area contributed by atoms with Crippen LogP contribution >= 0.6 is 0 Å². The smallest absolute Gasteiger partial charge is 0.274 e. The van der Waals surface area contributed by atoms with Gasteiger partial charge in [-0.3, -0.25) is 14.4 Å². The number of aromatic nitrogens is 2. The number of hydrogen-bond acceptors (Lipinski definition) is 3. The average Bonchev–Trinajstić information content (AvgIpc) is 2.98. The molecule has 0 fully saturated rings. The predicted molar refractivity (Wildman–Crippen MR) is 99.6 cm³/mol. The fourth-order valence-corrected chi connectivity index (χ4v) is 3.46. The van der Waals surface area contributed by atoms with Crippen LogP contribution in [0.25, 0.3) is 0 Å². The van der Waals surface area contributed by atoms with Crippen molar-refractivity contribution in [3.8, 4) is 0 Å². The highest BCUT2D eigenvalue weighted by molar-refractivity contribution is 5.93. The zero-order chi connectivity index (χ0) is 18.7. The molecule has 0 bridgehead atoms. The lowest BCUT2D eigenvalue weighted by Gasteiger charge is -2.28. The Bertz CT molecular complexity index is 767. The summed E-state index contributed by atoms with van der Waals surface area (Å²) in [5.74, 6) is -0.233. The molecule has 0 unspecified atom stereocenters. The minimum Gasteiger partial charge on any atom is -0.343 e. The summed E-state index contributed by atoms with van der Waals surface area (Å²) in [6.45, 7) is 5.56. The third-order valence-corrected chi connectivity index (χ3v) is 4.89. The second-order valence-electron chi connectivity index (χ2n) is 7.10. The lowest BCUT2D eigenvalue weighted by Crippen LogP contribution is -2.34. The molecule has 0 atom stereocenters. The molecule has 1 amide bonds. The van der Waals surface area contributed by atoms with Crippen molar-refractivity contribution in [1.29, 1.82) is 0 Å². The van der Waals surface area contributed by atoms with Gasteiger partial charge >= 0.3 is 0 Å². The van der Waals surface area contributed by atoms with Gasteiger partial charge in [0.25, 0.3) is 5.91 Å². The standard InChI is InChI=1S/C20H27FN4O/c1-4-11-25-18-10-13-24(12-9-15-5-7-16(21)8-6-15)14-17(18)19(22-25)20(26)23(2)3/h5-8H,4,9-14H2,1-3H3. The van der Waals surface area contributed by atoms with Gasteiger partial charge in [-0.1, -0.05) is 19.1 Å². The first kappa shape index (κ1) is 18.6.